The molecule has 0 saturated heterocycles. The van der Waals surface area contributed by atoms with Gasteiger partial charge in [0.15, 0.2) is 0 Å². The predicted octanol–water partition coefficient (Wildman–Crippen LogP) is 4.09. The van der Waals surface area contributed by atoms with E-state index in [4.69, 9.17) is 0 Å². The minimum Gasteiger partial charge on any atom is -0.367 e. The third kappa shape index (κ3) is 2.48. The van der Waals surface area contributed by atoms with Crippen molar-refractivity contribution < 1.29 is 4.39 Å². The van der Waals surface area contributed by atoms with Crippen LogP contribution in [0.1, 0.15) is 23.1 Å². The summed E-state index contributed by atoms with van der Waals surface area (Å²) in [5.74, 6) is -0.110. The van der Waals surface area contributed by atoms with E-state index in [1.165, 1.54) is 22.9 Å². The Kier molecular flexibility index (Phi) is 3.24. The number of anilines is 1. The van der Waals surface area contributed by atoms with Crippen molar-refractivity contribution in [3.63, 3.8) is 0 Å². The Morgan fingerprint density at radius 3 is 2.84 bits per heavy atom. The van der Waals surface area contributed by atoms with Gasteiger partial charge >= 0.3 is 0 Å². The van der Waals surface area contributed by atoms with Gasteiger partial charge in [-0.1, -0.05) is 35.9 Å². The minimum absolute atomic E-state index is 0.110. The molecular weight excluding hydrogens is 237 g/mol. The third-order valence-corrected chi connectivity index (χ3v) is 3.77. The maximum atomic E-state index is 13.8. The zero-order valence-electron chi connectivity index (χ0n) is 11.2. The molecule has 0 spiro atoms. The lowest BCUT2D eigenvalue weighted by atomic mass is 9.99. The molecule has 0 aromatic heterocycles. The number of aryl methyl sites for hydroxylation is 2. The topological polar surface area (TPSA) is 3.24 Å². The number of halogens is 1. The molecule has 0 fully saturated rings. The Bertz CT molecular complexity index is 592. The summed E-state index contributed by atoms with van der Waals surface area (Å²) in [7, 11) is 0. The predicted molar refractivity (Wildman–Crippen MR) is 77.0 cm³/mol. The Morgan fingerprint density at radius 1 is 1.16 bits per heavy atom. The van der Waals surface area contributed by atoms with Gasteiger partial charge in [0.25, 0.3) is 0 Å². The highest BCUT2D eigenvalue weighted by Crippen LogP contribution is 2.29. The molecule has 2 aromatic rings. The van der Waals surface area contributed by atoms with E-state index in [0.717, 1.165) is 24.9 Å². The average Bonchev–Trinajstić information content (AvgIpc) is 2.41. The van der Waals surface area contributed by atoms with Crippen molar-refractivity contribution in [2.45, 2.75) is 26.3 Å². The average molecular weight is 255 g/mol. The monoisotopic (exact) mass is 255 g/mol. The molecule has 0 aliphatic carbocycles. The van der Waals surface area contributed by atoms with Gasteiger partial charge in [-0.3, -0.25) is 0 Å². The molecule has 1 aliphatic heterocycles. The summed E-state index contributed by atoms with van der Waals surface area (Å²) in [5.41, 5.74) is 4.73. The number of benzene rings is 2. The molecule has 1 aliphatic rings. The smallest absolute Gasteiger partial charge is 0.128 e. The lowest BCUT2D eigenvalue weighted by molar-refractivity contribution is 0.597. The fourth-order valence-electron chi connectivity index (χ4n) is 2.80. The van der Waals surface area contributed by atoms with Crippen LogP contribution in [0.4, 0.5) is 10.1 Å². The molecule has 0 amide bonds. The van der Waals surface area contributed by atoms with Gasteiger partial charge in [-0.15, -0.1) is 0 Å². The maximum absolute atomic E-state index is 13.8. The molecule has 0 unspecified atom stereocenters. The van der Waals surface area contributed by atoms with Crippen LogP contribution in [0.25, 0.3) is 0 Å². The van der Waals surface area contributed by atoms with Gasteiger partial charge in [-0.2, -0.15) is 0 Å². The molecule has 1 nitrogen and oxygen atoms in total. The van der Waals surface area contributed by atoms with Crippen molar-refractivity contribution in [2.75, 3.05) is 11.4 Å². The van der Waals surface area contributed by atoms with Crippen LogP contribution in [0.2, 0.25) is 0 Å². The van der Waals surface area contributed by atoms with Crippen molar-refractivity contribution in [3.05, 3.63) is 65.0 Å². The quantitative estimate of drug-likeness (QED) is 0.781. The normalized spacial score (nSPS) is 14.3. The van der Waals surface area contributed by atoms with E-state index in [1.807, 2.05) is 12.1 Å². The fraction of sp³-hybridized carbons (Fsp3) is 0.294. The fourth-order valence-corrected chi connectivity index (χ4v) is 2.80. The molecule has 0 bridgehead atoms. The Hall–Kier alpha value is -1.83. The number of nitrogens with zero attached hydrogens (tertiary/aromatic N) is 1. The van der Waals surface area contributed by atoms with E-state index >= 15 is 0 Å². The number of rotatable bonds is 2. The van der Waals surface area contributed by atoms with Crippen LogP contribution in [-0.2, 0) is 13.0 Å². The summed E-state index contributed by atoms with van der Waals surface area (Å²) in [5, 5.41) is 0. The molecule has 2 heteroatoms. The van der Waals surface area contributed by atoms with Gasteiger partial charge < -0.3 is 4.90 Å². The first kappa shape index (κ1) is 12.2. The standard InChI is InChI=1S/C17H18FN/c1-13-8-9-17-14(11-13)6-4-10-19(17)12-15-5-2-3-7-16(15)18/h2-3,5,7-9,11H,4,6,10,12H2,1H3. The largest absolute Gasteiger partial charge is 0.367 e. The van der Waals surface area contributed by atoms with E-state index in [2.05, 4.69) is 30.0 Å². The van der Waals surface area contributed by atoms with Gasteiger partial charge in [-0.25, -0.2) is 4.39 Å². The van der Waals surface area contributed by atoms with Gasteiger partial charge in [0.1, 0.15) is 5.82 Å². The lowest BCUT2D eigenvalue weighted by Crippen LogP contribution is -2.29. The van der Waals surface area contributed by atoms with Crippen LogP contribution >= 0.6 is 0 Å². The molecular formula is C17H18FN. The second-order valence-corrected chi connectivity index (χ2v) is 5.25. The summed E-state index contributed by atoms with van der Waals surface area (Å²) >= 11 is 0. The van der Waals surface area contributed by atoms with E-state index in [0.29, 0.717) is 6.54 Å². The summed E-state index contributed by atoms with van der Waals surface area (Å²) < 4.78 is 13.8. The maximum Gasteiger partial charge on any atom is 0.128 e. The van der Waals surface area contributed by atoms with E-state index in [9.17, 15) is 4.39 Å². The minimum atomic E-state index is -0.110. The van der Waals surface area contributed by atoms with E-state index in [-0.39, 0.29) is 5.82 Å². The summed E-state index contributed by atoms with van der Waals surface area (Å²) in [6.07, 6.45) is 2.27. The summed E-state index contributed by atoms with van der Waals surface area (Å²) in [6.45, 7) is 3.78. The first-order valence-corrected chi connectivity index (χ1v) is 6.82. The van der Waals surface area contributed by atoms with E-state index in [1.54, 1.807) is 6.07 Å². The Balaban J connectivity index is 1.90. The summed E-state index contributed by atoms with van der Waals surface area (Å²) in [4.78, 5) is 2.29. The SMILES string of the molecule is Cc1ccc2c(c1)CCCN2Cc1ccccc1F. The third-order valence-electron chi connectivity index (χ3n) is 3.77. The van der Waals surface area contributed by atoms with Gasteiger partial charge in [-0.05, 0) is 37.5 Å². The molecule has 19 heavy (non-hydrogen) atoms. The van der Waals surface area contributed by atoms with Crippen molar-refractivity contribution in [3.8, 4) is 0 Å². The second-order valence-electron chi connectivity index (χ2n) is 5.25. The first-order valence-electron chi connectivity index (χ1n) is 6.82. The Labute approximate surface area is 113 Å². The molecule has 0 saturated carbocycles. The molecule has 98 valence electrons. The van der Waals surface area contributed by atoms with Crippen LogP contribution in [0.5, 0.6) is 0 Å². The second kappa shape index (κ2) is 5.04. The molecule has 3 rings (SSSR count). The van der Waals surface area contributed by atoms with Gasteiger partial charge in [0, 0.05) is 24.3 Å². The van der Waals surface area contributed by atoms with Crippen molar-refractivity contribution in [1.82, 2.24) is 0 Å². The molecule has 2 aromatic carbocycles. The highest BCUT2D eigenvalue weighted by Gasteiger charge is 2.17. The van der Waals surface area contributed by atoms with Crippen molar-refractivity contribution >= 4 is 5.69 Å². The van der Waals surface area contributed by atoms with Crippen molar-refractivity contribution in [2.24, 2.45) is 0 Å². The zero-order valence-corrected chi connectivity index (χ0v) is 11.2. The van der Waals surface area contributed by atoms with Crippen LogP contribution in [-0.4, -0.2) is 6.54 Å². The molecule has 0 atom stereocenters. The highest BCUT2D eigenvalue weighted by molar-refractivity contribution is 5.57. The lowest BCUT2D eigenvalue weighted by Gasteiger charge is -2.31. The zero-order chi connectivity index (χ0) is 13.2. The van der Waals surface area contributed by atoms with Crippen LogP contribution in [0, 0.1) is 12.7 Å². The van der Waals surface area contributed by atoms with Crippen LogP contribution in [0.3, 0.4) is 0 Å². The first-order chi connectivity index (χ1) is 9.24. The van der Waals surface area contributed by atoms with Crippen LogP contribution < -0.4 is 4.90 Å². The van der Waals surface area contributed by atoms with Gasteiger partial charge in [0.2, 0.25) is 0 Å². The van der Waals surface area contributed by atoms with Crippen LogP contribution in [0.15, 0.2) is 42.5 Å². The van der Waals surface area contributed by atoms with Gasteiger partial charge in [0.05, 0.1) is 0 Å². The molecule has 0 N–H and O–H groups in total. The number of hydrogen-bond donors (Lipinski definition) is 0. The Morgan fingerprint density at radius 2 is 2.00 bits per heavy atom. The van der Waals surface area contributed by atoms with E-state index < -0.39 is 0 Å². The highest BCUT2D eigenvalue weighted by atomic mass is 19.1. The number of hydrogen-bond acceptors (Lipinski definition) is 1. The number of fused-ring (bicyclic) bond motifs is 1. The molecule has 1 heterocycles. The summed E-state index contributed by atoms with van der Waals surface area (Å²) in [6, 6.07) is 13.6. The molecule has 0 radical (unpaired) electrons. The van der Waals surface area contributed by atoms with Crippen molar-refractivity contribution in [1.29, 1.82) is 0 Å².